The first-order chi connectivity index (χ1) is 14.3. The molecule has 0 aliphatic carbocycles. The van der Waals surface area contributed by atoms with E-state index in [1.54, 1.807) is 11.8 Å². The summed E-state index contributed by atoms with van der Waals surface area (Å²) >= 11 is 6.24. The maximum absolute atomic E-state index is 12.7. The van der Waals surface area contributed by atoms with Crippen LogP contribution < -0.4 is 9.46 Å². The highest BCUT2D eigenvalue weighted by atomic mass is 35.5. The number of amides is 1. The predicted octanol–water partition coefficient (Wildman–Crippen LogP) is 4.02. The zero-order valence-electron chi connectivity index (χ0n) is 17.2. The molecule has 2 aromatic carbocycles. The molecule has 0 aromatic heterocycles. The normalized spacial score (nSPS) is 16.3. The lowest BCUT2D eigenvalue weighted by Crippen LogP contribution is -2.40. The van der Waals surface area contributed by atoms with E-state index < -0.39 is 16.1 Å². The highest BCUT2D eigenvalue weighted by Gasteiger charge is 2.22. The summed E-state index contributed by atoms with van der Waals surface area (Å²) in [6.07, 6.45) is 1.99. The number of carbonyl (C=O) groups is 1. The summed E-state index contributed by atoms with van der Waals surface area (Å²) in [6, 6.07) is 13.2. The summed E-state index contributed by atoms with van der Waals surface area (Å²) in [5.41, 5.74) is 0.859. The maximum atomic E-state index is 12.7. The van der Waals surface area contributed by atoms with Gasteiger partial charge in [-0.15, -0.1) is 0 Å². The lowest BCUT2D eigenvalue weighted by Gasteiger charge is -2.30. The second-order valence-corrected chi connectivity index (χ2v) is 9.82. The molecule has 1 saturated heterocycles. The van der Waals surface area contributed by atoms with Gasteiger partial charge in [0.1, 0.15) is 5.75 Å². The molecular weight excluding hydrogens is 424 g/mol. The topological polar surface area (TPSA) is 75.7 Å². The van der Waals surface area contributed by atoms with Gasteiger partial charge in [-0.3, -0.25) is 4.79 Å². The quantitative estimate of drug-likeness (QED) is 0.691. The summed E-state index contributed by atoms with van der Waals surface area (Å²) in [5.74, 6) is 0.829. The molecule has 3 rings (SSSR count). The van der Waals surface area contributed by atoms with Crippen LogP contribution in [0.15, 0.2) is 53.4 Å². The SMILES string of the molecule is CC1CCN(C(=O)COc2ccc(S(=O)(=O)N[C@@H](C)c3ccccc3)cc2Cl)CC1. The van der Waals surface area contributed by atoms with Crippen molar-refractivity contribution in [1.82, 2.24) is 9.62 Å². The first-order valence-corrected chi connectivity index (χ1v) is 11.9. The summed E-state index contributed by atoms with van der Waals surface area (Å²) in [5, 5.41) is 0.144. The number of carbonyl (C=O) groups excluding carboxylic acids is 1. The van der Waals surface area contributed by atoms with Gasteiger partial charge in [0.25, 0.3) is 5.91 Å². The number of nitrogens with zero attached hydrogens (tertiary/aromatic N) is 1. The molecule has 1 aliphatic rings. The van der Waals surface area contributed by atoms with Gasteiger partial charge in [-0.05, 0) is 49.4 Å². The summed E-state index contributed by atoms with van der Waals surface area (Å²) in [6.45, 7) is 5.31. The van der Waals surface area contributed by atoms with Crippen molar-refractivity contribution in [2.45, 2.75) is 37.6 Å². The summed E-state index contributed by atoms with van der Waals surface area (Å²) in [4.78, 5) is 14.2. The van der Waals surface area contributed by atoms with Gasteiger partial charge in [-0.25, -0.2) is 13.1 Å². The minimum Gasteiger partial charge on any atom is -0.482 e. The molecule has 1 amide bonds. The molecule has 162 valence electrons. The third kappa shape index (κ3) is 5.74. The number of ether oxygens (including phenoxy) is 1. The second kappa shape index (κ2) is 9.81. The molecule has 1 fully saturated rings. The Bertz CT molecular complexity index is 974. The van der Waals surface area contributed by atoms with Crippen LogP contribution >= 0.6 is 11.6 Å². The Balaban J connectivity index is 1.62. The van der Waals surface area contributed by atoms with E-state index >= 15 is 0 Å². The van der Waals surface area contributed by atoms with Crippen LogP contribution in [0, 0.1) is 5.92 Å². The molecular formula is C22H27ClN2O4S. The fraction of sp³-hybridized carbons (Fsp3) is 0.409. The van der Waals surface area contributed by atoms with Crippen molar-refractivity contribution in [2.24, 2.45) is 5.92 Å². The Hall–Kier alpha value is -2.09. The fourth-order valence-corrected chi connectivity index (χ4v) is 4.92. The Morgan fingerprint density at radius 1 is 1.20 bits per heavy atom. The van der Waals surface area contributed by atoms with Crippen LogP contribution in [0.1, 0.15) is 38.3 Å². The van der Waals surface area contributed by atoms with Crippen molar-refractivity contribution in [3.05, 3.63) is 59.1 Å². The van der Waals surface area contributed by atoms with Gasteiger partial charge in [0.15, 0.2) is 6.61 Å². The van der Waals surface area contributed by atoms with Crippen LogP contribution in [0.4, 0.5) is 0 Å². The molecule has 0 unspecified atom stereocenters. The standard InChI is InChI=1S/C22H27ClN2O4S/c1-16-10-12-25(13-11-16)22(26)15-29-21-9-8-19(14-20(21)23)30(27,28)24-17(2)18-6-4-3-5-7-18/h3-9,14,16-17,24H,10-13,15H2,1-2H3/t17-/m0/s1. The molecule has 1 N–H and O–H groups in total. The van der Waals surface area contributed by atoms with E-state index in [0.717, 1.165) is 31.5 Å². The summed E-state index contributed by atoms with van der Waals surface area (Å²) < 4.78 is 33.6. The van der Waals surface area contributed by atoms with Crippen LogP contribution in [0.2, 0.25) is 5.02 Å². The third-order valence-corrected chi connectivity index (χ3v) is 7.17. The number of piperidine rings is 1. The monoisotopic (exact) mass is 450 g/mol. The molecule has 6 nitrogen and oxygen atoms in total. The molecule has 30 heavy (non-hydrogen) atoms. The van der Waals surface area contributed by atoms with Crippen molar-refractivity contribution < 1.29 is 17.9 Å². The molecule has 0 spiro atoms. The highest BCUT2D eigenvalue weighted by Crippen LogP contribution is 2.28. The van der Waals surface area contributed by atoms with Crippen LogP contribution in [0.3, 0.4) is 0 Å². The molecule has 0 bridgehead atoms. The lowest BCUT2D eigenvalue weighted by molar-refractivity contribution is -0.134. The van der Waals surface area contributed by atoms with E-state index in [0.29, 0.717) is 5.92 Å². The maximum Gasteiger partial charge on any atom is 0.260 e. The minimum atomic E-state index is -3.77. The number of benzene rings is 2. The van der Waals surface area contributed by atoms with E-state index in [-0.39, 0.29) is 28.2 Å². The van der Waals surface area contributed by atoms with Crippen molar-refractivity contribution in [2.75, 3.05) is 19.7 Å². The third-order valence-electron chi connectivity index (χ3n) is 5.33. The minimum absolute atomic E-state index is 0.0407. The molecule has 0 saturated carbocycles. The zero-order chi connectivity index (χ0) is 21.7. The molecule has 1 heterocycles. The van der Waals surface area contributed by atoms with Gasteiger partial charge in [-0.1, -0.05) is 48.9 Å². The predicted molar refractivity (Wildman–Crippen MR) is 117 cm³/mol. The number of hydrogen-bond acceptors (Lipinski definition) is 4. The van der Waals surface area contributed by atoms with Gasteiger partial charge < -0.3 is 9.64 Å². The van der Waals surface area contributed by atoms with Crippen LogP contribution in [-0.4, -0.2) is 38.9 Å². The first kappa shape index (κ1) is 22.6. The molecule has 1 aliphatic heterocycles. The van der Waals surface area contributed by atoms with Gasteiger partial charge in [-0.2, -0.15) is 0 Å². The van der Waals surface area contributed by atoms with Crippen LogP contribution in [-0.2, 0) is 14.8 Å². The number of nitrogens with one attached hydrogen (secondary N) is 1. The first-order valence-electron chi connectivity index (χ1n) is 10.0. The number of likely N-dealkylation sites (tertiary alicyclic amines) is 1. The van der Waals surface area contributed by atoms with Crippen molar-refractivity contribution in [3.8, 4) is 5.75 Å². The van der Waals surface area contributed by atoms with Gasteiger partial charge >= 0.3 is 0 Å². The Morgan fingerprint density at radius 3 is 2.50 bits per heavy atom. The Morgan fingerprint density at radius 2 is 1.87 bits per heavy atom. The molecule has 1 atom stereocenters. The van der Waals surface area contributed by atoms with E-state index in [1.807, 2.05) is 30.3 Å². The van der Waals surface area contributed by atoms with E-state index in [9.17, 15) is 13.2 Å². The Labute approximate surface area is 183 Å². The fourth-order valence-electron chi connectivity index (χ4n) is 3.37. The smallest absolute Gasteiger partial charge is 0.260 e. The number of halogens is 1. The van der Waals surface area contributed by atoms with E-state index in [4.69, 9.17) is 16.3 Å². The van der Waals surface area contributed by atoms with Crippen molar-refractivity contribution in [3.63, 3.8) is 0 Å². The molecule has 2 aromatic rings. The largest absolute Gasteiger partial charge is 0.482 e. The van der Waals surface area contributed by atoms with Gasteiger partial charge in [0.05, 0.1) is 9.92 Å². The number of sulfonamides is 1. The van der Waals surface area contributed by atoms with Crippen LogP contribution in [0.5, 0.6) is 5.75 Å². The lowest BCUT2D eigenvalue weighted by atomic mass is 9.99. The number of hydrogen-bond donors (Lipinski definition) is 1. The Kier molecular flexibility index (Phi) is 7.39. The van der Waals surface area contributed by atoms with E-state index in [2.05, 4.69) is 11.6 Å². The highest BCUT2D eigenvalue weighted by molar-refractivity contribution is 7.89. The average Bonchev–Trinajstić information content (AvgIpc) is 2.73. The zero-order valence-corrected chi connectivity index (χ0v) is 18.7. The summed E-state index contributed by atoms with van der Waals surface area (Å²) in [7, 11) is -3.77. The number of rotatable bonds is 7. The average molecular weight is 451 g/mol. The second-order valence-electron chi connectivity index (χ2n) is 7.70. The van der Waals surface area contributed by atoms with Gasteiger partial charge in [0, 0.05) is 19.1 Å². The van der Waals surface area contributed by atoms with E-state index in [1.165, 1.54) is 18.2 Å². The van der Waals surface area contributed by atoms with Crippen molar-refractivity contribution in [1.29, 1.82) is 0 Å². The molecule has 0 radical (unpaired) electrons. The van der Waals surface area contributed by atoms with Crippen LogP contribution in [0.25, 0.3) is 0 Å². The van der Waals surface area contributed by atoms with Gasteiger partial charge in [0.2, 0.25) is 10.0 Å². The molecule has 8 heteroatoms. The van der Waals surface area contributed by atoms with Crippen molar-refractivity contribution >= 4 is 27.5 Å².